The van der Waals surface area contributed by atoms with Crippen molar-refractivity contribution in [2.45, 2.75) is 16.7 Å². The minimum absolute atomic E-state index is 0.111. The highest BCUT2D eigenvalue weighted by Crippen LogP contribution is 2.29. The Labute approximate surface area is 164 Å². The van der Waals surface area contributed by atoms with E-state index in [1.807, 2.05) is 0 Å². The molecule has 0 saturated heterocycles. The Kier molecular flexibility index (Phi) is 5.62. The van der Waals surface area contributed by atoms with Gasteiger partial charge in [0.25, 0.3) is 0 Å². The van der Waals surface area contributed by atoms with Gasteiger partial charge in [0.05, 0.1) is 9.79 Å². The van der Waals surface area contributed by atoms with Crippen molar-refractivity contribution in [2.75, 3.05) is 5.32 Å². The summed E-state index contributed by atoms with van der Waals surface area (Å²) >= 11 is 0. The van der Waals surface area contributed by atoms with Gasteiger partial charge in [-0.1, -0.05) is 42.5 Å². The van der Waals surface area contributed by atoms with Gasteiger partial charge in [0, 0.05) is 12.4 Å². The summed E-state index contributed by atoms with van der Waals surface area (Å²) in [6.07, 6.45) is 2.51. The monoisotopic (exact) mass is 414 g/mol. The molecule has 0 amide bonds. The number of aryl methyl sites for hydroxylation is 1. The number of benzene rings is 2. The Hall–Kier alpha value is -2.97. The van der Waals surface area contributed by atoms with Crippen LogP contribution in [-0.4, -0.2) is 21.8 Å². The van der Waals surface area contributed by atoms with Crippen molar-refractivity contribution in [1.29, 1.82) is 0 Å². The summed E-state index contributed by atoms with van der Waals surface area (Å²) in [5.41, 5.74) is 0.743. The topological polar surface area (TPSA) is 93.2 Å². The van der Waals surface area contributed by atoms with E-state index in [0.717, 1.165) is 11.8 Å². The van der Waals surface area contributed by atoms with Crippen LogP contribution in [0.2, 0.25) is 0 Å². The fraction of sp³-hybridized carbons (Fsp3) is 0.0500. The van der Waals surface area contributed by atoms with E-state index < -0.39 is 23.9 Å². The Morgan fingerprint density at radius 1 is 0.786 bits per heavy atom. The number of rotatable bonds is 6. The van der Waals surface area contributed by atoms with Crippen molar-refractivity contribution < 1.29 is 16.8 Å². The smallest absolute Gasteiger partial charge is 0.219 e. The van der Waals surface area contributed by atoms with Crippen molar-refractivity contribution >= 4 is 25.5 Å². The van der Waals surface area contributed by atoms with Crippen LogP contribution >= 0.6 is 0 Å². The van der Waals surface area contributed by atoms with Gasteiger partial charge in [-0.2, -0.15) is 0 Å². The maximum Gasteiger partial charge on any atom is 0.219 e. The number of anilines is 1. The van der Waals surface area contributed by atoms with E-state index in [1.54, 1.807) is 31.2 Å². The molecule has 1 N–H and O–H groups in total. The maximum atomic E-state index is 13.2. The van der Waals surface area contributed by atoms with Gasteiger partial charge in [-0.3, -0.25) is 0 Å². The van der Waals surface area contributed by atoms with Gasteiger partial charge >= 0.3 is 0 Å². The van der Waals surface area contributed by atoms with Crippen LogP contribution in [0, 0.1) is 6.92 Å². The molecule has 0 aliphatic rings. The number of nitrogens with one attached hydrogen (secondary N) is 1. The van der Waals surface area contributed by atoms with E-state index in [9.17, 15) is 16.8 Å². The molecule has 0 radical (unpaired) electrons. The highest BCUT2D eigenvalue weighted by atomic mass is 32.3. The van der Waals surface area contributed by atoms with Crippen LogP contribution in [-0.2, 0) is 19.7 Å². The molecule has 0 aliphatic heterocycles. The fourth-order valence-electron chi connectivity index (χ4n) is 2.50. The van der Waals surface area contributed by atoms with E-state index in [4.69, 9.17) is 0 Å². The minimum atomic E-state index is -4.31. The molecular weight excluding hydrogens is 396 g/mol. The summed E-state index contributed by atoms with van der Waals surface area (Å²) in [5, 5.41) is 2.73. The number of nitrogens with zero attached hydrogens (tertiary/aromatic N) is 1. The molecule has 0 atom stereocenters. The number of sulfone groups is 2. The van der Waals surface area contributed by atoms with Crippen LogP contribution in [0.1, 0.15) is 5.56 Å². The predicted octanol–water partition coefficient (Wildman–Crippen LogP) is 3.55. The second-order valence-corrected chi connectivity index (χ2v) is 10.0. The van der Waals surface area contributed by atoms with Crippen molar-refractivity contribution in [1.82, 2.24) is 4.98 Å². The second-order valence-electron chi connectivity index (χ2n) is 5.91. The van der Waals surface area contributed by atoms with Gasteiger partial charge in [-0.05, 0) is 42.8 Å². The van der Waals surface area contributed by atoms with Crippen molar-refractivity contribution in [3.05, 3.63) is 95.0 Å². The third-order valence-corrected chi connectivity index (χ3v) is 8.37. The van der Waals surface area contributed by atoms with Crippen LogP contribution in [0.15, 0.2) is 99.2 Å². The first-order valence-electron chi connectivity index (χ1n) is 8.32. The number of hydrogen-bond donors (Lipinski definition) is 1. The minimum Gasteiger partial charge on any atom is -0.344 e. The fourth-order valence-corrected chi connectivity index (χ4v) is 6.15. The third-order valence-electron chi connectivity index (χ3n) is 3.97. The number of aromatic nitrogens is 1. The lowest BCUT2D eigenvalue weighted by Crippen LogP contribution is -2.17. The first-order chi connectivity index (χ1) is 13.3. The molecule has 2 aromatic carbocycles. The SMILES string of the molecule is Cc1cccnc1NC=C(S(=O)(=O)c1ccccc1)S(=O)(=O)c1ccccc1. The Balaban J connectivity index is 2.17. The zero-order chi connectivity index (χ0) is 20.2. The largest absolute Gasteiger partial charge is 0.344 e. The van der Waals surface area contributed by atoms with Crippen LogP contribution in [0.4, 0.5) is 5.82 Å². The Morgan fingerprint density at radius 2 is 1.29 bits per heavy atom. The highest BCUT2D eigenvalue weighted by molar-refractivity contribution is 8.14. The summed E-state index contributed by atoms with van der Waals surface area (Å²) in [7, 11) is -8.61. The first-order valence-corrected chi connectivity index (χ1v) is 11.3. The van der Waals surface area contributed by atoms with Gasteiger partial charge in [0.2, 0.25) is 19.7 Å². The van der Waals surface area contributed by atoms with Gasteiger partial charge in [-0.25, -0.2) is 21.8 Å². The molecule has 0 unspecified atom stereocenters. The first kappa shape index (κ1) is 19.8. The Bertz CT molecular complexity index is 1130. The van der Waals surface area contributed by atoms with E-state index in [2.05, 4.69) is 10.3 Å². The molecule has 1 heterocycles. The third kappa shape index (κ3) is 3.97. The predicted molar refractivity (Wildman–Crippen MR) is 108 cm³/mol. The normalized spacial score (nSPS) is 11.6. The molecule has 8 heteroatoms. The van der Waals surface area contributed by atoms with Gasteiger partial charge in [0.1, 0.15) is 5.82 Å². The summed E-state index contributed by atoms with van der Waals surface area (Å²) in [4.78, 5) is 3.89. The lowest BCUT2D eigenvalue weighted by Gasteiger charge is -2.12. The summed E-state index contributed by atoms with van der Waals surface area (Å²) in [6, 6.07) is 18.4. The van der Waals surface area contributed by atoms with Crippen molar-refractivity contribution in [3.8, 4) is 0 Å². The maximum absolute atomic E-state index is 13.2. The molecule has 0 fully saturated rings. The molecule has 0 bridgehead atoms. The summed E-state index contributed by atoms with van der Waals surface area (Å²) < 4.78 is 51.9. The average molecular weight is 415 g/mol. The molecule has 1 aromatic heterocycles. The molecule has 3 rings (SSSR count). The quantitative estimate of drug-likeness (QED) is 0.663. The van der Waals surface area contributed by atoms with E-state index in [-0.39, 0.29) is 9.79 Å². The molecule has 144 valence electrons. The van der Waals surface area contributed by atoms with Crippen LogP contribution in [0.25, 0.3) is 0 Å². The van der Waals surface area contributed by atoms with Gasteiger partial charge in [-0.15, -0.1) is 0 Å². The highest BCUT2D eigenvalue weighted by Gasteiger charge is 2.33. The van der Waals surface area contributed by atoms with Gasteiger partial charge < -0.3 is 5.32 Å². The molecule has 0 spiro atoms. The molecule has 3 aromatic rings. The van der Waals surface area contributed by atoms with E-state index >= 15 is 0 Å². The number of hydrogen-bond acceptors (Lipinski definition) is 6. The molecule has 28 heavy (non-hydrogen) atoms. The van der Waals surface area contributed by atoms with Crippen LogP contribution in [0.3, 0.4) is 0 Å². The lowest BCUT2D eigenvalue weighted by atomic mass is 10.3. The molecule has 0 saturated carbocycles. The van der Waals surface area contributed by atoms with Crippen LogP contribution in [0.5, 0.6) is 0 Å². The standard InChI is InChI=1S/C20H18N2O4S2/c1-16-9-8-14-21-20(16)22-15-19(27(23,24)17-10-4-2-5-11-17)28(25,26)18-12-6-3-7-13-18/h2-15H,1H3,(H,21,22). The van der Waals surface area contributed by atoms with E-state index in [0.29, 0.717) is 5.82 Å². The van der Waals surface area contributed by atoms with Gasteiger partial charge in [0.15, 0.2) is 4.24 Å². The van der Waals surface area contributed by atoms with Crippen LogP contribution < -0.4 is 5.32 Å². The summed E-state index contributed by atoms with van der Waals surface area (Å²) in [6.45, 7) is 1.78. The second kappa shape index (κ2) is 7.95. The Morgan fingerprint density at radius 3 is 1.75 bits per heavy atom. The zero-order valence-electron chi connectivity index (χ0n) is 15.0. The van der Waals surface area contributed by atoms with E-state index in [1.165, 1.54) is 54.7 Å². The lowest BCUT2D eigenvalue weighted by molar-refractivity contribution is 0.595. The average Bonchev–Trinajstić information content (AvgIpc) is 2.70. The molecule has 0 aliphatic carbocycles. The number of pyridine rings is 1. The summed E-state index contributed by atoms with van der Waals surface area (Å²) in [5.74, 6) is 0.367. The van der Waals surface area contributed by atoms with Crippen molar-refractivity contribution in [2.24, 2.45) is 0 Å². The zero-order valence-corrected chi connectivity index (χ0v) is 16.6. The molecule has 6 nitrogen and oxygen atoms in total. The molecular formula is C20H18N2O4S2. The van der Waals surface area contributed by atoms with Crippen molar-refractivity contribution in [3.63, 3.8) is 0 Å².